The highest BCUT2D eigenvalue weighted by Gasteiger charge is 2.38. The molecule has 0 radical (unpaired) electrons. The van der Waals surface area contributed by atoms with E-state index in [4.69, 9.17) is 16.7 Å². The first kappa shape index (κ1) is 18.5. The molecule has 1 aliphatic rings. The maximum absolute atomic E-state index is 13.0. The number of nitrogens with zero attached hydrogens (tertiary/aromatic N) is 1. The Kier molecular flexibility index (Phi) is 5.72. The quantitative estimate of drug-likeness (QED) is 0.774. The van der Waals surface area contributed by atoms with Gasteiger partial charge in [0, 0.05) is 24.2 Å². The minimum atomic E-state index is -1.24. The van der Waals surface area contributed by atoms with Crippen LogP contribution in [0.5, 0.6) is 0 Å². The van der Waals surface area contributed by atoms with E-state index >= 15 is 0 Å². The summed E-state index contributed by atoms with van der Waals surface area (Å²) in [4.78, 5) is 25.4. The third-order valence-electron chi connectivity index (χ3n) is 4.27. The Bertz CT molecular complexity index is 607. The highest BCUT2D eigenvalue weighted by atomic mass is 35.5. The molecule has 3 N–H and O–H groups in total. The highest BCUT2D eigenvalue weighted by Crippen LogP contribution is 2.32. The number of aliphatic hydroxyl groups is 1. The number of halogens is 1. The molecule has 0 saturated carbocycles. The molecule has 0 aliphatic carbocycles. The lowest BCUT2D eigenvalue weighted by atomic mass is 9.83. The molecule has 6 nitrogen and oxygen atoms in total. The van der Waals surface area contributed by atoms with Crippen LogP contribution in [0.4, 0.5) is 4.79 Å². The third-order valence-corrected chi connectivity index (χ3v) is 4.50. The van der Waals surface area contributed by atoms with Gasteiger partial charge in [-0.2, -0.15) is 0 Å². The van der Waals surface area contributed by atoms with Crippen molar-refractivity contribution in [1.82, 2.24) is 10.2 Å². The number of amides is 2. The number of benzene rings is 1. The van der Waals surface area contributed by atoms with Crippen LogP contribution >= 0.6 is 11.6 Å². The number of carbonyl (C=O) groups is 2. The van der Waals surface area contributed by atoms with Crippen LogP contribution in [-0.4, -0.2) is 51.8 Å². The molecule has 132 valence electrons. The van der Waals surface area contributed by atoms with Gasteiger partial charge in [-0.1, -0.05) is 23.7 Å². The molecule has 1 aromatic carbocycles. The lowest BCUT2D eigenvalue weighted by molar-refractivity contribution is -0.139. The molecule has 24 heavy (non-hydrogen) atoms. The summed E-state index contributed by atoms with van der Waals surface area (Å²) in [5, 5.41) is 22.3. The van der Waals surface area contributed by atoms with Gasteiger partial charge in [-0.3, -0.25) is 4.79 Å². The number of carbonyl (C=O) groups excluding carboxylic acids is 1. The van der Waals surface area contributed by atoms with Gasteiger partial charge < -0.3 is 20.4 Å². The Hall–Kier alpha value is -1.79. The van der Waals surface area contributed by atoms with Crippen LogP contribution in [0.1, 0.15) is 38.2 Å². The zero-order chi connectivity index (χ0) is 17.9. The van der Waals surface area contributed by atoms with Crippen LogP contribution in [0.3, 0.4) is 0 Å². The summed E-state index contributed by atoms with van der Waals surface area (Å²) in [6.45, 7) is 4.12. The molecule has 1 fully saturated rings. The molecule has 0 bridgehead atoms. The smallest absolute Gasteiger partial charge is 0.404 e. The van der Waals surface area contributed by atoms with Crippen molar-refractivity contribution in [3.05, 3.63) is 34.9 Å². The van der Waals surface area contributed by atoms with Crippen molar-refractivity contribution in [1.29, 1.82) is 0 Å². The second-order valence-corrected chi connectivity index (χ2v) is 7.13. The van der Waals surface area contributed by atoms with Gasteiger partial charge in [0.05, 0.1) is 11.5 Å². The Morgan fingerprint density at radius 2 is 1.96 bits per heavy atom. The van der Waals surface area contributed by atoms with E-state index in [2.05, 4.69) is 5.32 Å². The molecule has 1 heterocycles. The number of carboxylic acid groups (broad SMARTS) is 1. The molecule has 2 amide bonds. The van der Waals surface area contributed by atoms with E-state index in [-0.39, 0.29) is 11.9 Å². The Morgan fingerprint density at radius 3 is 2.46 bits per heavy atom. The Labute approximate surface area is 146 Å². The first-order chi connectivity index (χ1) is 11.2. The van der Waals surface area contributed by atoms with E-state index < -0.39 is 17.6 Å². The predicted molar refractivity (Wildman–Crippen MR) is 91.3 cm³/mol. The molecule has 0 aromatic heterocycles. The zero-order valence-corrected chi connectivity index (χ0v) is 14.6. The molecule has 2 rings (SSSR count). The number of likely N-dealkylation sites (tertiary alicyclic amines) is 1. The largest absolute Gasteiger partial charge is 0.465 e. The van der Waals surface area contributed by atoms with Gasteiger partial charge in [-0.25, -0.2) is 4.79 Å². The molecule has 1 saturated heterocycles. The summed E-state index contributed by atoms with van der Waals surface area (Å²) in [7, 11) is 0. The van der Waals surface area contributed by atoms with Gasteiger partial charge >= 0.3 is 6.09 Å². The van der Waals surface area contributed by atoms with Gasteiger partial charge in [0.2, 0.25) is 5.91 Å². The third kappa shape index (κ3) is 4.61. The standard InChI is InChI=1S/C17H23ClN2O4/c1-17(2,24)14(11-4-3-5-12(18)10-11)15(21)20-8-6-13(7-9-20)19-16(22)23/h3-5,10,13-14,19,24H,6-9H2,1-2H3,(H,22,23). The molecule has 1 unspecified atom stereocenters. The normalized spacial score (nSPS) is 17.4. The van der Waals surface area contributed by atoms with Gasteiger partial charge in [-0.05, 0) is 44.4 Å². The van der Waals surface area contributed by atoms with E-state index in [0.717, 1.165) is 0 Å². The summed E-state index contributed by atoms with van der Waals surface area (Å²) < 4.78 is 0. The summed E-state index contributed by atoms with van der Waals surface area (Å²) in [5.74, 6) is -0.890. The maximum Gasteiger partial charge on any atom is 0.404 e. The fourth-order valence-electron chi connectivity index (χ4n) is 3.14. The van der Waals surface area contributed by atoms with Crippen molar-refractivity contribution in [2.75, 3.05) is 13.1 Å². The van der Waals surface area contributed by atoms with Crippen molar-refractivity contribution in [3.63, 3.8) is 0 Å². The minimum Gasteiger partial charge on any atom is -0.465 e. The molecule has 7 heteroatoms. The summed E-state index contributed by atoms with van der Waals surface area (Å²) in [5.41, 5.74) is -0.566. The number of piperidine rings is 1. The van der Waals surface area contributed by atoms with Crippen LogP contribution in [-0.2, 0) is 4.79 Å². The number of rotatable bonds is 4. The van der Waals surface area contributed by atoms with Crippen LogP contribution < -0.4 is 5.32 Å². The maximum atomic E-state index is 13.0. The lowest BCUT2D eigenvalue weighted by Crippen LogP contribution is -2.50. The first-order valence-corrected chi connectivity index (χ1v) is 8.32. The molecule has 1 aliphatic heterocycles. The lowest BCUT2D eigenvalue weighted by Gasteiger charge is -2.37. The second-order valence-electron chi connectivity index (χ2n) is 6.69. The van der Waals surface area contributed by atoms with Crippen molar-refractivity contribution < 1.29 is 19.8 Å². The molecule has 1 atom stereocenters. The average molecular weight is 355 g/mol. The van der Waals surface area contributed by atoms with Gasteiger partial charge in [-0.15, -0.1) is 0 Å². The van der Waals surface area contributed by atoms with E-state index in [1.54, 1.807) is 43.0 Å². The summed E-state index contributed by atoms with van der Waals surface area (Å²) in [6, 6.07) is 6.82. The number of hydrogen-bond donors (Lipinski definition) is 3. The summed E-state index contributed by atoms with van der Waals surface area (Å²) in [6.07, 6.45) is 0.0753. The van der Waals surface area contributed by atoms with E-state index in [1.165, 1.54) is 0 Å². The Balaban J connectivity index is 2.14. The van der Waals surface area contributed by atoms with E-state index in [0.29, 0.717) is 36.5 Å². The second kappa shape index (κ2) is 7.40. The van der Waals surface area contributed by atoms with Crippen LogP contribution in [0.25, 0.3) is 0 Å². The Morgan fingerprint density at radius 1 is 1.33 bits per heavy atom. The first-order valence-electron chi connectivity index (χ1n) is 7.94. The molecule has 0 spiro atoms. The van der Waals surface area contributed by atoms with Crippen molar-refractivity contribution in [3.8, 4) is 0 Å². The SMILES string of the molecule is CC(C)(O)C(C(=O)N1CCC(NC(=O)O)CC1)c1cccc(Cl)c1. The monoisotopic (exact) mass is 354 g/mol. The molecular weight excluding hydrogens is 332 g/mol. The van der Waals surface area contributed by atoms with Crippen LogP contribution in [0, 0.1) is 0 Å². The topological polar surface area (TPSA) is 89.9 Å². The predicted octanol–water partition coefficient (Wildman–Crippen LogP) is 2.45. The van der Waals surface area contributed by atoms with Gasteiger partial charge in [0.15, 0.2) is 0 Å². The number of nitrogens with one attached hydrogen (secondary N) is 1. The van der Waals surface area contributed by atoms with Crippen LogP contribution in [0.2, 0.25) is 5.02 Å². The van der Waals surface area contributed by atoms with Crippen molar-refractivity contribution in [2.45, 2.75) is 44.2 Å². The van der Waals surface area contributed by atoms with E-state index in [1.807, 2.05) is 0 Å². The minimum absolute atomic E-state index is 0.140. The van der Waals surface area contributed by atoms with Gasteiger partial charge in [0.1, 0.15) is 0 Å². The highest BCUT2D eigenvalue weighted by molar-refractivity contribution is 6.30. The van der Waals surface area contributed by atoms with Crippen molar-refractivity contribution >= 4 is 23.6 Å². The summed E-state index contributed by atoms with van der Waals surface area (Å²) >= 11 is 6.03. The van der Waals surface area contributed by atoms with Crippen molar-refractivity contribution in [2.24, 2.45) is 0 Å². The van der Waals surface area contributed by atoms with Crippen LogP contribution in [0.15, 0.2) is 24.3 Å². The van der Waals surface area contributed by atoms with E-state index in [9.17, 15) is 14.7 Å². The fourth-order valence-corrected chi connectivity index (χ4v) is 3.34. The average Bonchev–Trinajstić information content (AvgIpc) is 2.46. The number of hydrogen-bond acceptors (Lipinski definition) is 3. The zero-order valence-electron chi connectivity index (χ0n) is 13.8. The molecule has 1 aromatic rings. The van der Waals surface area contributed by atoms with Gasteiger partial charge in [0.25, 0.3) is 0 Å². The molecular formula is C17H23ClN2O4. The fraction of sp³-hybridized carbons (Fsp3) is 0.529.